The second kappa shape index (κ2) is 16.9. The van der Waals surface area contributed by atoms with Crippen LogP contribution in [0.5, 0.6) is 5.75 Å². The first-order valence-corrected chi connectivity index (χ1v) is 15.9. The zero-order chi connectivity index (χ0) is 29.8. The second-order valence-corrected chi connectivity index (χ2v) is 11.9. The fourth-order valence-electron chi connectivity index (χ4n) is 5.57. The highest BCUT2D eigenvalue weighted by atomic mass is 79.9. The molecule has 41 heavy (non-hydrogen) atoms. The Hall–Kier alpha value is -2.42. The van der Waals surface area contributed by atoms with Gasteiger partial charge in [-0.25, -0.2) is 0 Å². The third kappa shape index (κ3) is 10.1. The summed E-state index contributed by atoms with van der Waals surface area (Å²) >= 11 is 3.58. The predicted molar refractivity (Wildman–Crippen MR) is 171 cm³/mol. The summed E-state index contributed by atoms with van der Waals surface area (Å²) in [5.74, 6) is 2.08. The quantitative estimate of drug-likeness (QED) is 0.272. The Bertz CT molecular complexity index is 1140. The number of rotatable bonds is 10. The summed E-state index contributed by atoms with van der Waals surface area (Å²) in [6.07, 6.45) is 6.51. The molecule has 0 unspecified atom stereocenters. The van der Waals surface area contributed by atoms with Crippen LogP contribution in [0.15, 0.2) is 34.8 Å². The van der Waals surface area contributed by atoms with Gasteiger partial charge in [-0.15, -0.1) is 0 Å². The zero-order valence-electron chi connectivity index (χ0n) is 25.5. The van der Waals surface area contributed by atoms with Gasteiger partial charge in [0.15, 0.2) is 5.78 Å². The monoisotopic (exact) mass is 629 g/mol. The highest BCUT2D eigenvalue weighted by molar-refractivity contribution is 9.10. The predicted octanol–water partition coefficient (Wildman–Crippen LogP) is 7.12. The fraction of sp³-hybridized carbons (Fsp3) is 0.576. The number of hydrogen-bond donors (Lipinski definition) is 2. The molecule has 2 aromatic carbocycles. The summed E-state index contributed by atoms with van der Waals surface area (Å²) in [4.78, 5) is 26.5. The molecule has 1 saturated carbocycles. The van der Waals surface area contributed by atoms with E-state index in [2.05, 4.69) is 51.4 Å². The minimum atomic E-state index is 0.115. The number of amides is 1. The number of aryl methyl sites for hydroxylation is 1. The van der Waals surface area contributed by atoms with Gasteiger partial charge in [0.2, 0.25) is 5.91 Å². The van der Waals surface area contributed by atoms with Crippen molar-refractivity contribution in [3.05, 3.63) is 51.5 Å². The summed E-state index contributed by atoms with van der Waals surface area (Å²) in [5, 5.41) is 6.44. The maximum absolute atomic E-state index is 12.3. The molecule has 2 aliphatic rings. The van der Waals surface area contributed by atoms with E-state index < -0.39 is 0 Å². The zero-order valence-corrected chi connectivity index (χ0v) is 27.1. The first kappa shape index (κ1) is 33.1. The normalized spacial score (nSPS) is 19.1. The van der Waals surface area contributed by atoms with Crippen LogP contribution in [0, 0.1) is 18.8 Å². The number of anilines is 2. The number of benzene rings is 2. The largest absolute Gasteiger partial charge is 0.496 e. The second-order valence-electron chi connectivity index (χ2n) is 11.1. The SMILES string of the molecule is CCC1CCC(C(=O)Nc2ccc(C)c(OC)c2)CC1.CCc1c(Br)cc(NCCN2CCOCC2)cc1C(C)=O. The topological polar surface area (TPSA) is 79.9 Å². The number of carbonyl (C=O) groups excluding carboxylic acids is 2. The molecule has 226 valence electrons. The number of hydrogen-bond acceptors (Lipinski definition) is 6. The Labute approximate surface area is 254 Å². The van der Waals surface area contributed by atoms with E-state index in [9.17, 15) is 9.59 Å². The van der Waals surface area contributed by atoms with Gasteiger partial charge in [0.05, 0.1) is 20.3 Å². The van der Waals surface area contributed by atoms with Crippen molar-refractivity contribution in [2.45, 2.75) is 66.2 Å². The number of nitrogens with one attached hydrogen (secondary N) is 2. The van der Waals surface area contributed by atoms with Gasteiger partial charge >= 0.3 is 0 Å². The minimum Gasteiger partial charge on any atom is -0.496 e. The van der Waals surface area contributed by atoms with Crippen molar-refractivity contribution in [3.8, 4) is 5.75 Å². The van der Waals surface area contributed by atoms with Crippen molar-refractivity contribution < 1.29 is 19.1 Å². The number of carbonyl (C=O) groups is 2. The van der Waals surface area contributed by atoms with Crippen LogP contribution in [0.2, 0.25) is 0 Å². The molecule has 0 atom stereocenters. The van der Waals surface area contributed by atoms with Gasteiger partial charge in [0.25, 0.3) is 0 Å². The fourth-order valence-corrected chi connectivity index (χ4v) is 6.31. The Balaban J connectivity index is 0.000000226. The van der Waals surface area contributed by atoms with E-state index in [1.807, 2.05) is 31.2 Å². The third-order valence-corrected chi connectivity index (χ3v) is 8.97. The van der Waals surface area contributed by atoms with Crippen molar-refractivity contribution in [2.24, 2.45) is 11.8 Å². The summed E-state index contributed by atoms with van der Waals surface area (Å²) < 4.78 is 11.6. The van der Waals surface area contributed by atoms with Crippen LogP contribution in [0.25, 0.3) is 0 Å². The molecule has 1 saturated heterocycles. The van der Waals surface area contributed by atoms with E-state index in [0.717, 1.165) is 103 Å². The number of Topliss-reactive ketones (excluding diaryl/α,β-unsaturated/α-hetero) is 1. The molecular weight excluding hydrogens is 582 g/mol. The van der Waals surface area contributed by atoms with Crippen molar-refractivity contribution >= 4 is 39.0 Å². The molecule has 2 fully saturated rings. The Morgan fingerprint density at radius 1 is 1.05 bits per heavy atom. The van der Waals surface area contributed by atoms with E-state index in [1.165, 1.54) is 19.3 Å². The number of ether oxygens (including phenoxy) is 2. The van der Waals surface area contributed by atoms with Crippen LogP contribution >= 0.6 is 15.9 Å². The molecule has 1 aliphatic carbocycles. The summed E-state index contributed by atoms with van der Waals surface area (Å²) in [6.45, 7) is 13.4. The van der Waals surface area contributed by atoms with Crippen molar-refractivity contribution in [3.63, 3.8) is 0 Å². The van der Waals surface area contributed by atoms with Crippen LogP contribution in [-0.2, 0) is 16.0 Å². The van der Waals surface area contributed by atoms with E-state index in [-0.39, 0.29) is 17.6 Å². The van der Waals surface area contributed by atoms with Crippen molar-refractivity contribution in [1.29, 1.82) is 0 Å². The van der Waals surface area contributed by atoms with Gasteiger partial charge in [-0.05, 0) is 81.2 Å². The molecule has 4 rings (SSSR count). The lowest BCUT2D eigenvalue weighted by atomic mass is 9.80. The highest BCUT2D eigenvalue weighted by Crippen LogP contribution is 2.32. The smallest absolute Gasteiger partial charge is 0.227 e. The van der Waals surface area contributed by atoms with Gasteiger partial charge in [0, 0.05) is 59.6 Å². The molecule has 2 aromatic rings. The lowest BCUT2D eigenvalue weighted by Gasteiger charge is -2.27. The molecule has 1 aliphatic heterocycles. The van der Waals surface area contributed by atoms with Gasteiger partial charge in [0.1, 0.15) is 5.75 Å². The summed E-state index contributed by atoms with van der Waals surface area (Å²) in [6, 6.07) is 9.83. The third-order valence-electron chi connectivity index (χ3n) is 8.26. The van der Waals surface area contributed by atoms with Crippen LogP contribution in [0.4, 0.5) is 11.4 Å². The number of nitrogens with zero attached hydrogens (tertiary/aromatic N) is 1. The maximum Gasteiger partial charge on any atom is 0.227 e. The van der Waals surface area contributed by atoms with Gasteiger partial charge in [-0.1, -0.05) is 42.3 Å². The lowest BCUT2D eigenvalue weighted by Crippen LogP contribution is -2.39. The van der Waals surface area contributed by atoms with Crippen LogP contribution in [0.3, 0.4) is 0 Å². The van der Waals surface area contributed by atoms with Crippen LogP contribution in [0.1, 0.15) is 74.4 Å². The standard InChI is InChI=1S/C17H25NO2.C16H23BrN2O2/c1-4-13-6-8-14(9-7-13)17(19)18-15-10-5-12(2)16(11-15)20-3;1-3-14-15(12(2)20)10-13(11-16(14)17)18-4-5-19-6-8-21-9-7-19/h5,10-11,13-14H,4,6-9H2,1-3H3,(H,18,19);10-11,18H,3-9H2,1-2H3. The Kier molecular flexibility index (Phi) is 13.6. The average molecular weight is 631 g/mol. The summed E-state index contributed by atoms with van der Waals surface area (Å²) in [7, 11) is 1.65. The minimum absolute atomic E-state index is 0.115. The molecule has 0 bridgehead atoms. The maximum atomic E-state index is 12.3. The van der Waals surface area contributed by atoms with Gasteiger partial charge in [-0.2, -0.15) is 0 Å². The first-order valence-electron chi connectivity index (χ1n) is 15.1. The number of halogens is 1. The van der Waals surface area contributed by atoms with Crippen molar-refractivity contribution in [1.82, 2.24) is 4.90 Å². The number of ketones is 1. The Morgan fingerprint density at radius 2 is 1.76 bits per heavy atom. The molecular formula is C33H48BrN3O4. The molecule has 0 spiro atoms. The van der Waals surface area contributed by atoms with E-state index in [1.54, 1.807) is 14.0 Å². The molecule has 0 radical (unpaired) electrons. The molecule has 1 heterocycles. The molecule has 0 aromatic heterocycles. The van der Waals surface area contributed by atoms with Gasteiger partial charge in [-0.3, -0.25) is 14.5 Å². The number of methoxy groups -OCH3 is 1. The van der Waals surface area contributed by atoms with Crippen LogP contribution in [-0.4, -0.2) is 63.1 Å². The first-order chi connectivity index (χ1) is 19.7. The lowest BCUT2D eigenvalue weighted by molar-refractivity contribution is -0.121. The van der Waals surface area contributed by atoms with Crippen LogP contribution < -0.4 is 15.4 Å². The molecule has 2 N–H and O–H groups in total. The molecule has 8 heteroatoms. The Morgan fingerprint density at radius 3 is 2.37 bits per heavy atom. The number of morpholine rings is 1. The highest BCUT2D eigenvalue weighted by Gasteiger charge is 2.25. The molecule has 1 amide bonds. The van der Waals surface area contributed by atoms with E-state index in [4.69, 9.17) is 9.47 Å². The molecule has 7 nitrogen and oxygen atoms in total. The summed E-state index contributed by atoms with van der Waals surface area (Å²) in [5.41, 5.74) is 4.79. The van der Waals surface area contributed by atoms with Gasteiger partial charge < -0.3 is 20.1 Å². The van der Waals surface area contributed by atoms with E-state index in [0.29, 0.717) is 0 Å². The van der Waals surface area contributed by atoms with Crippen molar-refractivity contribution in [2.75, 3.05) is 57.1 Å². The van der Waals surface area contributed by atoms with E-state index >= 15 is 0 Å². The average Bonchev–Trinajstić information content (AvgIpc) is 2.98.